The molecule has 0 radical (unpaired) electrons. The van der Waals surface area contributed by atoms with Crippen molar-refractivity contribution in [3.05, 3.63) is 12.7 Å². The maximum Gasteiger partial charge on any atom is 0.330 e. The number of hydrogen-bond acceptors (Lipinski definition) is 3. The molecule has 0 atom stereocenters. The summed E-state index contributed by atoms with van der Waals surface area (Å²) in [7, 11) is 0. The van der Waals surface area contributed by atoms with Gasteiger partial charge in [-0.3, -0.25) is 4.90 Å². The van der Waals surface area contributed by atoms with Gasteiger partial charge < -0.3 is 4.74 Å². The lowest BCUT2D eigenvalue weighted by molar-refractivity contribution is -0.138. The van der Waals surface area contributed by atoms with Crippen LogP contribution in [0.25, 0.3) is 0 Å². The van der Waals surface area contributed by atoms with Crippen molar-refractivity contribution in [1.29, 1.82) is 0 Å². The summed E-state index contributed by atoms with van der Waals surface area (Å²) >= 11 is 0. The topological polar surface area (TPSA) is 29.5 Å². The van der Waals surface area contributed by atoms with Gasteiger partial charge in [0.1, 0.15) is 0 Å². The first-order chi connectivity index (χ1) is 12.8. The first kappa shape index (κ1) is 19.9. The average Bonchev–Trinajstić information content (AvgIpc) is 2.71. The second-order valence-electron chi connectivity index (χ2n) is 8.87. The predicted molar refractivity (Wildman–Crippen MR) is 107 cm³/mol. The summed E-state index contributed by atoms with van der Waals surface area (Å²) in [5, 5.41) is 0. The summed E-state index contributed by atoms with van der Waals surface area (Å²) < 4.78 is 5.19. The molecular weight excluding hydrogens is 322 g/mol. The van der Waals surface area contributed by atoms with Crippen molar-refractivity contribution in [2.24, 2.45) is 5.92 Å². The van der Waals surface area contributed by atoms with E-state index >= 15 is 0 Å². The zero-order valence-corrected chi connectivity index (χ0v) is 16.7. The minimum Gasteiger partial charge on any atom is -0.463 e. The molecule has 3 rings (SSSR count). The number of carbonyl (C=O) groups is 1. The highest BCUT2D eigenvalue weighted by Gasteiger charge is 2.35. The van der Waals surface area contributed by atoms with Crippen LogP contribution in [0.2, 0.25) is 0 Å². The molecule has 3 aliphatic rings. The van der Waals surface area contributed by atoms with Crippen LogP contribution >= 0.6 is 0 Å². The van der Waals surface area contributed by atoms with Crippen molar-refractivity contribution in [2.75, 3.05) is 6.61 Å². The van der Waals surface area contributed by atoms with Gasteiger partial charge in [-0.25, -0.2) is 4.79 Å². The third kappa shape index (κ3) is 5.58. The van der Waals surface area contributed by atoms with Crippen LogP contribution in [0.3, 0.4) is 0 Å². The Labute approximate surface area is 160 Å². The molecule has 0 saturated heterocycles. The van der Waals surface area contributed by atoms with E-state index in [-0.39, 0.29) is 5.97 Å². The van der Waals surface area contributed by atoms with E-state index in [0.29, 0.717) is 6.61 Å². The lowest BCUT2D eigenvalue weighted by Gasteiger charge is -2.48. The number of ether oxygens (including phenoxy) is 1. The molecule has 3 heteroatoms. The van der Waals surface area contributed by atoms with Gasteiger partial charge in [0.15, 0.2) is 0 Å². The summed E-state index contributed by atoms with van der Waals surface area (Å²) in [6.07, 6.45) is 22.0. The number of rotatable bonds is 7. The Balaban J connectivity index is 1.51. The van der Waals surface area contributed by atoms with Crippen molar-refractivity contribution in [3.63, 3.8) is 0 Å². The highest BCUT2D eigenvalue weighted by molar-refractivity contribution is 5.81. The minimum atomic E-state index is -0.278. The molecule has 0 aromatic rings. The van der Waals surface area contributed by atoms with Crippen LogP contribution in [0.5, 0.6) is 0 Å². The van der Waals surface area contributed by atoms with Crippen LogP contribution in [0, 0.1) is 5.92 Å². The van der Waals surface area contributed by atoms with Gasteiger partial charge in [-0.2, -0.15) is 0 Å². The van der Waals surface area contributed by atoms with Gasteiger partial charge >= 0.3 is 5.97 Å². The minimum absolute atomic E-state index is 0.278. The lowest BCUT2D eigenvalue weighted by Crippen LogP contribution is -2.52. The number of nitrogens with zero attached hydrogens (tertiary/aromatic N) is 1. The smallest absolute Gasteiger partial charge is 0.330 e. The van der Waals surface area contributed by atoms with Gasteiger partial charge in [0, 0.05) is 24.2 Å². The third-order valence-corrected chi connectivity index (χ3v) is 7.17. The van der Waals surface area contributed by atoms with Crippen LogP contribution in [0.4, 0.5) is 0 Å². The normalized spacial score (nSPS) is 28.8. The molecule has 0 N–H and O–H groups in total. The molecule has 0 bridgehead atoms. The van der Waals surface area contributed by atoms with Crippen LogP contribution < -0.4 is 0 Å². The fourth-order valence-electron chi connectivity index (χ4n) is 5.77. The van der Waals surface area contributed by atoms with Gasteiger partial charge in [-0.15, -0.1) is 0 Å². The highest BCUT2D eigenvalue weighted by Crippen LogP contribution is 2.37. The Morgan fingerprint density at radius 2 is 1.31 bits per heavy atom. The molecule has 148 valence electrons. The summed E-state index contributed by atoms with van der Waals surface area (Å²) in [5.41, 5.74) is 0. The molecule has 0 aromatic carbocycles. The third-order valence-electron chi connectivity index (χ3n) is 7.17. The van der Waals surface area contributed by atoms with E-state index in [1.165, 1.54) is 96.0 Å². The Morgan fingerprint density at radius 3 is 1.81 bits per heavy atom. The first-order valence-electron chi connectivity index (χ1n) is 11.3. The Kier molecular flexibility index (Phi) is 8.04. The van der Waals surface area contributed by atoms with E-state index in [4.69, 9.17) is 4.74 Å². The van der Waals surface area contributed by atoms with Crippen LogP contribution in [0.15, 0.2) is 12.7 Å². The zero-order chi connectivity index (χ0) is 18.2. The quantitative estimate of drug-likeness (QED) is 0.434. The molecule has 0 spiro atoms. The molecule has 0 aliphatic heterocycles. The molecule has 0 heterocycles. The molecule has 0 amide bonds. The molecule has 3 aliphatic carbocycles. The van der Waals surface area contributed by atoms with Crippen molar-refractivity contribution >= 4 is 5.97 Å². The monoisotopic (exact) mass is 361 g/mol. The molecule has 3 nitrogen and oxygen atoms in total. The van der Waals surface area contributed by atoms with Gasteiger partial charge in [0.25, 0.3) is 0 Å². The fourth-order valence-corrected chi connectivity index (χ4v) is 5.77. The van der Waals surface area contributed by atoms with Crippen molar-refractivity contribution in [2.45, 2.75) is 114 Å². The summed E-state index contributed by atoms with van der Waals surface area (Å²) in [4.78, 5) is 14.2. The number of carbonyl (C=O) groups excluding carboxylic acids is 1. The molecule has 3 saturated carbocycles. The summed E-state index contributed by atoms with van der Waals surface area (Å²) in [6, 6.07) is 2.54. The summed E-state index contributed by atoms with van der Waals surface area (Å²) in [6.45, 7) is 4.03. The maximum atomic E-state index is 11.2. The fraction of sp³-hybridized carbons (Fsp3) is 0.870. The lowest BCUT2D eigenvalue weighted by atomic mass is 9.80. The Hall–Kier alpha value is -0.830. The van der Waals surface area contributed by atoms with Crippen molar-refractivity contribution < 1.29 is 9.53 Å². The van der Waals surface area contributed by atoms with Crippen molar-refractivity contribution in [3.8, 4) is 0 Å². The SMILES string of the molecule is C=CC(=O)OCCC1CCC(N(C2CCCCC2)C2CCCCC2)CC1. The Bertz CT molecular complexity index is 411. The number of esters is 1. The van der Waals surface area contributed by atoms with E-state index in [0.717, 1.165) is 30.5 Å². The molecular formula is C23H39NO2. The maximum absolute atomic E-state index is 11.2. The van der Waals surface area contributed by atoms with E-state index in [1.807, 2.05) is 0 Å². The standard InChI is InChI=1S/C23H39NO2/c1-2-23(25)26-18-17-19-13-15-22(16-14-19)24(20-9-5-3-6-10-20)21-11-7-4-8-12-21/h2,19-22H,1,3-18H2. The van der Waals surface area contributed by atoms with Gasteiger partial charge in [-0.05, 0) is 63.7 Å². The van der Waals surface area contributed by atoms with Crippen LogP contribution in [0.1, 0.15) is 96.3 Å². The van der Waals surface area contributed by atoms with Crippen LogP contribution in [-0.2, 0) is 9.53 Å². The molecule has 26 heavy (non-hydrogen) atoms. The molecule has 0 unspecified atom stereocenters. The van der Waals surface area contributed by atoms with Crippen LogP contribution in [-0.4, -0.2) is 35.6 Å². The van der Waals surface area contributed by atoms with Gasteiger partial charge in [-0.1, -0.05) is 45.1 Å². The van der Waals surface area contributed by atoms with Crippen molar-refractivity contribution in [1.82, 2.24) is 4.90 Å². The summed E-state index contributed by atoms with van der Waals surface area (Å²) in [5.74, 6) is 0.461. The zero-order valence-electron chi connectivity index (χ0n) is 16.7. The Morgan fingerprint density at radius 1 is 0.808 bits per heavy atom. The highest BCUT2D eigenvalue weighted by atomic mass is 16.5. The van der Waals surface area contributed by atoms with E-state index in [1.54, 1.807) is 0 Å². The molecule has 0 aromatic heterocycles. The second-order valence-corrected chi connectivity index (χ2v) is 8.87. The second kappa shape index (κ2) is 10.5. The molecule has 3 fully saturated rings. The predicted octanol–water partition coefficient (Wildman–Crippen LogP) is 5.63. The van der Waals surface area contributed by atoms with E-state index in [9.17, 15) is 4.79 Å². The first-order valence-corrected chi connectivity index (χ1v) is 11.3. The van der Waals surface area contributed by atoms with E-state index < -0.39 is 0 Å². The average molecular weight is 362 g/mol. The van der Waals surface area contributed by atoms with Gasteiger partial charge in [0.05, 0.1) is 6.61 Å². The van der Waals surface area contributed by atoms with E-state index in [2.05, 4.69) is 11.5 Å². The number of hydrogen-bond donors (Lipinski definition) is 0. The van der Waals surface area contributed by atoms with Gasteiger partial charge in [0.2, 0.25) is 0 Å². The largest absolute Gasteiger partial charge is 0.463 e.